The Labute approximate surface area is 184 Å². The molecular formula is C19H18ClF3N6O3. The van der Waals surface area contributed by atoms with Gasteiger partial charge in [-0.15, -0.1) is 0 Å². The minimum atomic E-state index is -5.02. The summed E-state index contributed by atoms with van der Waals surface area (Å²) in [6, 6.07) is 7.19. The largest absolute Gasteiger partial charge is 0.442 e. The van der Waals surface area contributed by atoms with Gasteiger partial charge in [-0.05, 0) is 38.5 Å². The van der Waals surface area contributed by atoms with Gasteiger partial charge in [-0.2, -0.15) is 23.4 Å². The van der Waals surface area contributed by atoms with E-state index in [-0.39, 0.29) is 5.69 Å². The molecule has 0 aliphatic heterocycles. The average Bonchev–Trinajstić information content (AvgIpc) is 3.13. The van der Waals surface area contributed by atoms with Crippen LogP contribution in [-0.2, 0) is 24.1 Å². The first kappa shape index (κ1) is 23.3. The van der Waals surface area contributed by atoms with Crippen LogP contribution in [0.25, 0.3) is 0 Å². The highest BCUT2D eigenvalue weighted by Crippen LogP contribution is 2.37. The molecule has 170 valence electrons. The van der Waals surface area contributed by atoms with E-state index in [1.165, 1.54) is 0 Å². The highest BCUT2D eigenvalue weighted by molar-refractivity contribution is 6.30. The Hall–Kier alpha value is -3.41. The van der Waals surface area contributed by atoms with Crippen molar-refractivity contribution in [1.82, 2.24) is 19.6 Å². The van der Waals surface area contributed by atoms with Crippen LogP contribution in [0.2, 0.25) is 5.02 Å². The lowest BCUT2D eigenvalue weighted by Gasteiger charge is -2.08. The van der Waals surface area contributed by atoms with E-state index in [1.807, 2.05) is 6.07 Å². The fourth-order valence-corrected chi connectivity index (χ4v) is 3.47. The summed E-state index contributed by atoms with van der Waals surface area (Å²) in [5.41, 5.74) is -0.788. The SMILES string of the molecule is Cc1nn(Cc2cccc(Cl)c2)c(C)c1NC(=O)Cn1nc(C(F)(F)F)c([N+](=O)[O-])c1C. The van der Waals surface area contributed by atoms with Crippen LogP contribution in [0.4, 0.5) is 24.5 Å². The molecule has 2 heterocycles. The van der Waals surface area contributed by atoms with E-state index >= 15 is 0 Å². The summed E-state index contributed by atoms with van der Waals surface area (Å²) >= 11 is 6.00. The van der Waals surface area contributed by atoms with E-state index in [1.54, 1.807) is 36.7 Å². The normalized spacial score (nSPS) is 11.6. The molecule has 13 heteroatoms. The molecule has 9 nitrogen and oxygen atoms in total. The molecule has 0 saturated carbocycles. The van der Waals surface area contributed by atoms with Crippen molar-refractivity contribution in [3.63, 3.8) is 0 Å². The fourth-order valence-electron chi connectivity index (χ4n) is 3.26. The van der Waals surface area contributed by atoms with Gasteiger partial charge in [-0.1, -0.05) is 23.7 Å². The van der Waals surface area contributed by atoms with Crippen LogP contribution in [-0.4, -0.2) is 30.4 Å². The number of nitro groups is 1. The molecule has 0 radical (unpaired) electrons. The van der Waals surface area contributed by atoms with E-state index < -0.39 is 34.9 Å². The Morgan fingerprint density at radius 1 is 1.19 bits per heavy atom. The Balaban J connectivity index is 1.82. The van der Waals surface area contributed by atoms with Gasteiger partial charge in [0.15, 0.2) is 0 Å². The Morgan fingerprint density at radius 3 is 2.44 bits per heavy atom. The second-order valence-electron chi connectivity index (χ2n) is 7.08. The maximum absolute atomic E-state index is 13.1. The van der Waals surface area contributed by atoms with Gasteiger partial charge in [0.05, 0.1) is 28.5 Å². The van der Waals surface area contributed by atoms with Gasteiger partial charge in [0.1, 0.15) is 12.2 Å². The Morgan fingerprint density at radius 2 is 1.88 bits per heavy atom. The molecule has 0 atom stereocenters. The zero-order valence-corrected chi connectivity index (χ0v) is 18.0. The number of hydrogen-bond acceptors (Lipinski definition) is 5. The third-order valence-electron chi connectivity index (χ3n) is 4.79. The number of nitrogens with one attached hydrogen (secondary N) is 1. The smallest absolute Gasteiger partial charge is 0.321 e. The van der Waals surface area contributed by atoms with Crippen LogP contribution in [0, 0.1) is 30.9 Å². The number of alkyl halides is 3. The number of benzene rings is 1. The van der Waals surface area contributed by atoms with Crippen molar-refractivity contribution < 1.29 is 22.9 Å². The number of nitrogens with zero attached hydrogens (tertiary/aromatic N) is 5. The number of halogens is 4. The zero-order chi connectivity index (χ0) is 23.8. The number of aryl methyl sites for hydroxylation is 1. The van der Waals surface area contributed by atoms with Crippen LogP contribution in [0.15, 0.2) is 24.3 Å². The third-order valence-corrected chi connectivity index (χ3v) is 5.02. The first-order valence-corrected chi connectivity index (χ1v) is 9.63. The van der Waals surface area contributed by atoms with Crippen molar-refractivity contribution in [2.24, 2.45) is 0 Å². The minimum absolute atomic E-state index is 0.373. The van der Waals surface area contributed by atoms with Crippen LogP contribution in [0.5, 0.6) is 0 Å². The highest BCUT2D eigenvalue weighted by Gasteiger charge is 2.44. The molecule has 32 heavy (non-hydrogen) atoms. The molecule has 0 bridgehead atoms. The molecule has 0 spiro atoms. The number of rotatable bonds is 6. The molecule has 1 N–H and O–H groups in total. The molecular weight excluding hydrogens is 453 g/mol. The van der Waals surface area contributed by atoms with E-state index in [0.717, 1.165) is 12.5 Å². The second-order valence-corrected chi connectivity index (χ2v) is 7.51. The van der Waals surface area contributed by atoms with Gasteiger partial charge in [0.25, 0.3) is 0 Å². The van der Waals surface area contributed by atoms with E-state index in [4.69, 9.17) is 11.6 Å². The van der Waals surface area contributed by atoms with Gasteiger partial charge >= 0.3 is 11.9 Å². The number of aromatic nitrogens is 4. The Bertz CT molecular complexity index is 1200. The van der Waals surface area contributed by atoms with Gasteiger partial charge in [0, 0.05) is 5.02 Å². The topological polar surface area (TPSA) is 108 Å². The zero-order valence-electron chi connectivity index (χ0n) is 17.2. The summed E-state index contributed by atoms with van der Waals surface area (Å²) in [5, 5.41) is 21.9. The molecule has 0 aliphatic rings. The second kappa shape index (κ2) is 8.61. The molecule has 0 unspecified atom stereocenters. The molecule has 3 aromatic rings. The van der Waals surface area contributed by atoms with Gasteiger partial charge in [-0.25, -0.2) is 0 Å². The summed E-state index contributed by atoms with van der Waals surface area (Å²) in [7, 11) is 0. The summed E-state index contributed by atoms with van der Waals surface area (Å²) in [5.74, 6) is -0.701. The van der Waals surface area contributed by atoms with Gasteiger partial charge in [-0.3, -0.25) is 24.3 Å². The fraction of sp³-hybridized carbons (Fsp3) is 0.316. The maximum Gasteiger partial charge on any atom is 0.442 e. The highest BCUT2D eigenvalue weighted by atomic mass is 35.5. The van der Waals surface area contributed by atoms with Crippen molar-refractivity contribution in [2.75, 3.05) is 5.32 Å². The van der Waals surface area contributed by atoms with Crippen molar-refractivity contribution in [1.29, 1.82) is 0 Å². The number of carbonyl (C=O) groups excluding carboxylic acids is 1. The lowest BCUT2D eigenvalue weighted by atomic mass is 10.2. The number of anilines is 1. The number of amides is 1. The van der Waals surface area contributed by atoms with Crippen molar-refractivity contribution in [2.45, 2.75) is 40.0 Å². The summed E-state index contributed by atoms with van der Waals surface area (Å²) in [4.78, 5) is 22.4. The lowest BCUT2D eigenvalue weighted by Crippen LogP contribution is -2.21. The summed E-state index contributed by atoms with van der Waals surface area (Å²) in [6.45, 7) is 4.26. The van der Waals surface area contributed by atoms with E-state index in [0.29, 0.717) is 33.3 Å². The minimum Gasteiger partial charge on any atom is -0.321 e. The van der Waals surface area contributed by atoms with Crippen LogP contribution < -0.4 is 5.32 Å². The molecule has 1 aromatic carbocycles. The van der Waals surface area contributed by atoms with Gasteiger partial charge in [0.2, 0.25) is 11.6 Å². The number of hydrogen-bond donors (Lipinski definition) is 1. The maximum atomic E-state index is 13.1. The lowest BCUT2D eigenvalue weighted by molar-refractivity contribution is -0.388. The first-order chi connectivity index (χ1) is 14.9. The standard InChI is InChI=1S/C19H18ClF3N6O3/c1-10-16(11(2)27(25-10)8-13-5-4-6-14(20)7-13)24-15(30)9-28-12(3)17(29(31)32)18(26-28)19(21,22)23/h4-7H,8-9H2,1-3H3,(H,24,30). The first-order valence-electron chi connectivity index (χ1n) is 9.25. The predicted octanol–water partition coefficient (Wildman–Crippen LogP) is 4.27. The van der Waals surface area contributed by atoms with Crippen LogP contribution in [0.1, 0.15) is 28.3 Å². The van der Waals surface area contributed by atoms with Crippen LogP contribution in [0.3, 0.4) is 0 Å². The molecule has 1 amide bonds. The number of carbonyl (C=O) groups is 1. The molecule has 0 aliphatic carbocycles. The van der Waals surface area contributed by atoms with E-state index in [2.05, 4.69) is 15.5 Å². The monoisotopic (exact) mass is 470 g/mol. The van der Waals surface area contributed by atoms with Crippen molar-refractivity contribution in [3.8, 4) is 0 Å². The predicted molar refractivity (Wildman–Crippen MR) is 110 cm³/mol. The molecule has 0 fully saturated rings. The quantitative estimate of drug-likeness (QED) is 0.427. The van der Waals surface area contributed by atoms with Crippen molar-refractivity contribution in [3.05, 3.63) is 67.7 Å². The third kappa shape index (κ3) is 4.74. The van der Waals surface area contributed by atoms with Crippen molar-refractivity contribution >= 4 is 28.9 Å². The average molecular weight is 471 g/mol. The van der Waals surface area contributed by atoms with Gasteiger partial charge < -0.3 is 5.32 Å². The molecule has 2 aromatic heterocycles. The Kier molecular flexibility index (Phi) is 6.26. The summed E-state index contributed by atoms with van der Waals surface area (Å²) in [6.07, 6.45) is -5.02. The summed E-state index contributed by atoms with van der Waals surface area (Å²) < 4.78 is 41.6. The van der Waals surface area contributed by atoms with Crippen LogP contribution >= 0.6 is 11.6 Å². The van der Waals surface area contributed by atoms with E-state index in [9.17, 15) is 28.1 Å². The molecule has 0 saturated heterocycles. The molecule has 3 rings (SSSR count).